The number of hydrogen-bond donors (Lipinski definition) is 2. The predicted octanol–water partition coefficient (Wildman–Crippen LogP) is 2.89. The van der Waals surface area contributed by atoms with Crippen molar-refractivity contribution in [2.75, 3.05) is 26.2 Å². The summed E-state index contributed by atoms with van der Waals surface area (Å²) >= 11 is 0. The molecule has 1 aromatic heterocycles. The first-order chi connectivity index (χ1) is 14.7. The Balaban J connectivity index is 1.09. The van der Waals surface area contributed by atoms with Crippen LogP contribution in [0.1, 0.15) is 36.8 Å². The molecule has 2 N–H and O–H groups in total. The number of amides is 1. The SMILES string of the molecule is O=C(NCCN1CCC(n2c(=O)[nH]c3ccccc32)CC1)[C@H]1CC1c1ccccc1. The fourth-order valence-electron chi connectivity index (χ4n) is 4.86. The van der Waals surface area contributed by atoms with Crippen LogP contribution in [0, 0.1) is 5.92 Å². The van der Waals surface area contributed by atoms with Gasteiger partial charge in [-0.25, -0.2) is 4.79 Å². The van der Waals surface area contributed by atoms with Crippen LogP contribution in [0.25, 0.3) is 11.0 Å². The maximum Gasteiger partial charge on any atom is 0.326 e. The van der Waals surface area contributed by atoms with Crippen molar-refractivity contribution in [2.24, 2.45) is 5.92 Å². The third kappa shape index (κ3) is 3.79. The third-order valence-corrected chi connectivity index (χ3v) is 6.63. The molecule has 6 heteroatoms. The molecule has 156 valence electrons. The quantitative estimate of drug-likeness (QED) is 0.664. The minimum Gasteiger partial charge on any atom is -0.355 e. The van der Waals surface area contributed by atoms with Crippen molar-refractivity contribution < 1.29 is 4.79 Å². The Morgan fingerprint density at radius 3 is 2.57 bits per heavy atom. The topological polar surface area (TPSA) is 70.1 Å². The van der Waals surface area contributed by atoms with E-state index in [1.54, 1.807) is 0 Å². The zero-order chi connectivity index (χ0) is 20.5. The van der Waals surface area contributed by atoms with Crippen molar-refractivity contribution in [1.82, 2.24) is 19.8 Å². The Kier molecular flexibility index (Phi) is 5.17. The monoisotopic (exact) mass is 404 g/mol. The van der Waals surface area contributed by atoms with Gasteiger partial charge in [-0.3, -0.25) is 9.36 Å². The van der Waals surface area contributed by atoms with Crippen LogP contribution in [0.5, 0.6) is 0 Å². The summed E-state index contributed by atoms with van der Waals surface area (Å²) in [6.07, 6.45) is 2.86. The molecule has 0 spiro atoms. The lowest BCUT2D eigenvalue weighted by Crippen LogP contribution is -2.41. The number of piperidine rings is 1. The van der Waals surface area contributed by atoms with Crippen LogP contribution in [0.2, 0.25) is 0 Å². The molecule has 2 heterocycles. The molecule has 1 aliphatic carbocycles. The number of benzene rings is 2. The fourth-order valence-corrected chi connectivity index (χ4v) is 4.86. The summed E-state index contributed by atoms with van der Waals surface area (Å²) in [7, 11) is 0. The molecule has 3 aromatic rings. The Labute approximate surface area is 175 Å². The second-order valence-electron chi connectivity index (χ2n) is 8.54. The summed E-state index contributed by atoms with van der Waals surface area (Å²) in [5.74, 6) is 0.701. The first kappa shape index (κ1) is 19.1. The number of hydrogen-bond acceptors (Lipinski definition) is 3. The standard InChI is InChI=1S/C24H28N4O2/c29-23(20-16-19(20)17-6-2-1-3-7-17)25-12-15-27-13-10-18(11-14-27)28-22-9-5-4-8-21(22)26-24(28)30/h1-9,18-20H,10-16H2,(H,25,29)(H,26,30)/t19?,20-/m0/s1. The van der Waals surface area contributed by atoms with Gasteiger partial charge in [0.1, 0.15) is 0 Å². The highest BCUT2D eigenvalue weighted by atomic mass is 16.2. The van der Waals surface area contributed by atoms with Gasteiger partial charge in [0.15, 0.2) is 0 Å². The summed E-state index contributed by atoms with van der Waals surface area (Å²) in [6, 6.07) is 18.4. The second kappa shape index (κ2) is 8.11. The summed E-state index contributed by atoms with van der Waals surface area (Å²) in [5.41, 5.74) is 3.15. The molecule has 1 saturated carbocycles. The van der Waals surface area contributed by atoms with E-state index in [9.17, 15) is 9.59 Å². The minimum absolute atomic E-state index is 0.0145. The van der Waals surface area contributed by atoms with Crippen LogP contribution in [0.4, 0.5) is 0 Å². The Morgan fingerprint density at radius 1 is 1.03 bits per heavy atom. The zero-order valence-electron chi connectivity index (χ0n) is 17.1. The highest BCUT2D eigenvalue weighted by Gasteiger charge is 2.43. The van der Waals surface area contributed by atoms with E-state index in [1.165, 1.54) is 5.56 Å². The maximum atomic E-state index is 12.4. The Morgan fingerprint density at radius 2 is 1.77 bits per heavy atom. The van der Waals surface area contributed by atoms with Gasteiger partial charge in [-0.2, -0.15) is 0 Å². The van der Waals surface area contributed by atoms with E-state index < -0.39 is 0 Å². The van der Waals surface area contributed by atoms with Crippen LogP contribution in [-0.4, -0.2) is 46.5 Å². The van der Waals surface area contributed by atoms with Gasteiger partial charge >= 0.3 is 5.69 Å². The van der Waals surface area contributed by atoms with E-state index in [1.807, 2.05) is 47.0 Å². The lowest BCUT2D eigenvalue weighted by atomic mass is 10.0. The summed E-state index contributed by atoms with van der Waals surface area (Å²) in [6.45, 7) is 3.45. The summed E-state index contributed by atoms with van der Waals surface area (Å²) in [5, 5.41) is 3.12. The average molecular weight is 405 g/mol. The number of carbonyl (C=O) groups is 1. The largest absolute Gasteiger partial charge is 0.355 e. The molecule has 6 nitrogen and oxygen atoms in total. The number of nitrogens with zero attached hydrogens (tertiary/aromatic N) is 2. The van der Waals surface area contributed by atoms with Crippen molar-refractivity contribution in [3.05, 3.63) is 70.6 Å². The smallest absolute Gasteiger partial charge is 0.326 e. The number of H-pyrrole nitrogens is 1. The van der Waals surface area contributed by atoms with Crippen molar-refractivity contribution >= 4 is 16.9 Å². The van der Waals surface area contributed by atoms with Gasteiger partial charge in [0.2, 0.25) is 5.91 Å². The number of aromatic nitrogens is 2. The van der Waals surface area contributed by atoms with Gasteiger partial charge in [0.05, 0.1) is 11.0 Å². The summed E-state index contributed by atoms with van der Waals surface area (Å²) in [4.78, 5) is 30.2. The molecule has 2 atom stereocenters. The summed E-state index contributed by atoms with van der Waals surface area (Å²) < 4.78 is 1.92. The fraction of sp³-hybridized carbons (Fsp3) is 0.417. The van der Waals surface area contributed by atoms with Crippen molar-refractivity contribution in [1.29, 1.82) is 0 Å². The number of rotatable bonds is 6. The molecular formula is C24H28N4O2. The molecule has 2 aliphatic rings. The van der Waals surface area contributed by atoms with Crippen LogP contribution in [0.15, 0.2) is 59.4 Å². The lowest BCUT2D eigenvalue weighted by molar-refractivity contribution is -0.122. The zero-order valence-corrected chi connectivity index (χ0v) is 17.1. The van der Waals surface area contributed by atoms with Gasteiger partial charge < -0.3 is 15.2 Å². The normalized spacial score (nSPS) is 22.3. The average Bonchev–Trinajstić information content (AvgIpc) is 3.51. The maximum absolute atomic E-state index is 12.4. The molecular weight excluding hydrogens is 376 g/mol. The number of aromatic amines is 1. The van der Waals surface area contributed by atoms with Gasteiger partial charge in [-0.1, -0.05) is 42.5 Å². The van der Waals surface area contributed by atoms with Crippen LogP contribution in [-0.2, 0) is 4.79 Å². The Bertz CT molecular complexity index is 1080. The highest BCUT2D eigenvalue weighted by molar-refractivity contribution is 5.82. The van der Waals surface area contributed by atoms with Crippen molar-refractivity contribution in [2.45, 2.75) is 31.2 Å². The van der Waals surface area contributed by atoms with Crippen molar-refractivity contribution in [3.63, 3.8) is 0 Å². The number of para-hydroxylation sites is 2. The first-order valence-electron chi connectivity index (χ1n) is 10.9. The van der Waals surface area contributed by atoms with E-state index in [-0.39, 0.29) is 23.6 Å². The molecule has 1 unspecified atom stereocenters. The van der Waals surface area contributed by atoms with E-state index in [0.29, 0.717) is 12.5 Å². The molecule has 2 aromatic carbocycles. The molecule has 0 bridgehead atoms. The van der Waals surface area contributed by atoms with Crippen LogP contribution >= 0.6 is 0 Å². The van der Waals surface area contributed by atoms with Gasteiger partial charge in [-0.05, 0) is 42.9 Å². The number of likely N-dealkylation sites (tertiary alicyclic amines) is 1. The molecule has 30 heavy (non-hydrogen) atoms. The van der Waals surface area contributed by atoms with E-state index >= 15 is 0 Å². The second-order valence-corrected chi connectivity index (χ2v) is 8.54. The first-order valence-corrected chi connectivity index (χ1v) is 10.9. The number of imidazole rings is 1. The van der Waals surface area contributed by atoms with E-state index in [0.717, 1.165) is 49.9 Å². The van der Waals surface area contributed by atoms with Crippen molar-refractivity contribution in [3.8, 4) is 0 Å². The molecule has 1 amide bonds. The van der Waals surface area contributed by atoms with Gasteiger partial charge in [-0.15, -0.1) is 0 Å². The van der Waals surface area contributed by atoms with E-state index in [4.69, 9.17) is 0 Å². The van der Waals surface area contributed by atoms with Crippen LogP contribution in [0.3, 0.4) is 0 Å². The highest BCUT2D eigenvalue weighted by Crippen LogP contribution is 2.47. The molecule has 1 aliphatic heterocycles. The molecule has 5 rings (SSSR count). The number of fused-ring (bicyclic) bond motifs is 1. The molecule has 0 radical (unpaired) electrons. The minimum atomic E-state index is -0.0145. The Hall–Kier alpha value is -2.86. The number of carbonyl (C=O) groups excluding carboxylic acids is 1. The van der Waals surface area contributed by atoms with Crippen LogP contribution < -0.4 is 11.0 Å². The van der Waals surface area contributed by atoms with Gasteiger partial charge in [0, 0.05) is 38.1 Å². The third-order valence-electron chi connectivity index (χ3n) is 6.63. The van der Waals surface area contributed by atoms with E-state index in [2.05, 4.69) is 27.3 Å². The van der Waals surface area contributed by atoms with Gasteiger partial charge in [0.25, 0.3) is 0 Å². The molecule has 1 saturated heterocycles. The predicted molar refractivity (Wildman–Crippen MR) is 118 cm³/mol. The number of nitrogens with one attached hydrogen (secondary N) is 2. The lowest BCUT2D eigenvalue weighted by Gasteiger charge is -2.32. The molecule has 2 fully saturated rings.